The number of nitrogens with zero attached hydrogens (tertiary/aromatic N) is 2. The Morgan fingerprint density at radius 2 is 1.95 bits per heavy atom. The van der Waals surface area contributed by atoms with Crippen molar-refractivity contribution in [2.24, 2.45) is 0 Å². The maximum atomic E-state index is 12.0. The van der Waals surface area contributed by atoms with E-state index in [0.717, 1.165) is 16.5 Å². The summed E-state index contributed by atoms with van der Waals surface area (Å²) < 4.78 is 5.51. The van der Waals surface area contributed by atoms with E-state index in [-0.39, 0.29) is 12.3 Å². The zero-order valence-corrected chi connectivity index (χ0v) is 13.1. The minimum Gasteiger partial charge on any atom is -0.355 e. The fraction of sp³-hybridized carbons (Fsp3) is 0.176. The molecule has 0 saturated carbocycles. The first-order chi connectivity index (χ1) is 10.6. The summed E-state index contributed by atoms with van der Waals surface area (Å²) in [6, 6.07) is 13.3. The Morgan fingerprint density at radius 3 is 2.64 bits per heavy atom. The highest BCUT2D eigenvalue weighted by atomic mass is 35.5. The van der Waals surface area contributed by atoms with Crippen LogP contribution in [0.3, 0.4) is 0 Å². The van der Waals surface area contributed by atoms with Gasteiger partial charge >= 0.3 is 0 Å². The van der Waals surface area contributed by atoms with Gasteiger partial charge in [0.2, 0.25) is 5.91 Å². The van der Waals surface area contributed by atoms with Gasteiger partial charge in [0.25, 0.3) is 0 Å². The number of aromatic nitrogens is 1. The Labute approximate surface area is 133 Å². The molecule has 2 aromatic carbocycles. The van der Waals surface area contributed by atoms with Crippen LogP contribution in [-0.4, -0.2) is 30.1 Å². The third-order valence-electron chi connectivity index (χ3n) is 3.50. The number of carbonyl (C=O) groups excluding carboxylic acids is 1. The molecule has 0 radical (unpaired) electrons. The molecule has 3 aromatic rings. The lowest BCUT2D eigenvalue weighted by molar-refractivity contribution is -0.127. The summed E-state index contributed by atoms with van der Waals surface area (Å²) in [6.45, 7) is 0. The number of carbonyl (C=O) groups is 1. The number of halogens is 1. The van der Waals surface area contributed by atoms with E-state index in [0.29, 0.717) is 16.3 Å². The molecule has 0 N–H and O–H groups in total. The maximum absolute atomic E-state index is 12.0. The molecule has 1 amide bonds. The fourth-order valence-corrected chi connectivity index (χ4v) is 2.57. The number of hydrogen-bond acceptors (Lipinski definition) is 3. The number of amides is 1. The van der Waals surface area contributed by atoms with Gasteiger partial charge in [0.1, 0.15) is 5.52 Å². The second-order valence-corrected chi connectivity index (χ2v) is 5.74. The van der Waals surface area contributed by atoms with Crippen LogP contribution in [0, 0.1) is 0 Å². The van der Waals surface area contributed by atoms with Crippen molar-refractivity contribution in [3.05, 3.63) is 53.1 Å². The van der Waals surface area contributed by atoms with Crippen molar-refractivity contribution in [1.82, 2.24) is 10.1 Å². The largest absolute Gasteiger partial charge is 0.355 e. The van der Waals surface area contributed by atoms with Gasteiger partial charge in [-0.15, -0.1) is 0 Å². The average Bonchev–Trinajstić information content (AvgIpc) is 2.91. The van der Waals surface area contributed by atoms with Gasteiger partial charge in [-0.25, -0.2) is 0 Å². The second-order valence-electron chi connectivity index (χ2n) is 5.30. The molecule has 0 bridgehead atoms. The van der Waals surface area contributed by atoms with Crippen molar-refractivity contribution in [2.45, 2.75) is 6.42 Å². The molecule has 112 valence electrons. The van der Waals surface area contributed by atoms with Crippen molar-refractivity contribution in [3.63, 3.8) is 0 Å². The number of rotatable bonds is 3. The number of hydrogen-bond donors (Lipinski definition) is 0. The molecule has 0 aliphatic rings. The lowest BCUT2D eigenvalue weighted by Crippen LogP contribution is -2.23. The van der Waals surface area contributed by atoms with Gasteiger partial charge < -0.3 is 9.42 Å². The van der Waals surface area contributed by atoms with Crippen LogP contribution in [0.4, 0.5) is 0 Å². The molecular weight excluding hydrogens is 300 g/mol. The summed E-state index contributed by atoms with van der Waals surface area (Å²) in [7, 11) is 3.45. The monoisotopic (exact) mass is 314 g/mol. The first-order valence-electron chi connectivity index (χ1n) is 6.89. The van der Waals surface area contributed by atoms with Crippen LogP contribution in [-0.2, 0) is 11.2 Å². The Bertz CT molecular complexity index is 825. The Kier molecular flexibility index (Phi) is 3.86. The van der Waals surface area contributed by atoms with Crippen LogP contribution < -0.4 is 0 Å². The van der Waals surface area contributed by atoms with Gasteiger partial charge in [-0.2, -0.15) is 0 Å². The van der Waals surface area contributed by atoms with Crippen molar-refractivity contribution >= 4 is 28.4 Å². The molecule has 1 heterocycles. The molecule has 3 rings (SSSR count). The zero-order valence-electron chi connectivity index (χ0n) is 12.3. The summed E-state index contributed by atoms with van der Waals surface area (Å²) in [5.74, 6) is 0.657. The third-order valence-corrected chi connectivity index (χ3v) is 3.72. The molecule has 4 nitrogen and oxygen atoms in total. The molecule has 22 heavy (non-hydrogen) atoms. The van der Waals surface area contributed by atoms with Crippen LogP contribution in [0.25, 0.3) is 22.2 Å². The summed E-state index contributed by atoms with van der Waals surface area (Å²) in [5.41, 5.74) is 2.38. The average molecular weight is 315 g/mol. The summed E-state index contributed by atoms with van der Waals surface area (Å²) >= 11 is 6.21. The molecule has 0 spiro atoms. The maximum Gasteiger partial charge on any atom is 0.226 e. The highest BCUT2D eigenvalue weighted by molar-refractivity contribution is 6.31. The minimum atomic E-state index is -0.00664. The Balaban J connectivity index is 2.13. The van der Waals surface area contributed by atoms with Crippen LogP contribution in [0.15, 0.2) is 47.0 Å². The summed E-state index contributed by atoms with van der Waals surface area (Å²) in [6.07, 6.45) is 0.241. The first-order valence-corrected chi connectivity index (χ1v) is 7.27. The van der Waals surface area contributed by atoms with E-state index >= 15 is 0 Å². The van der Waals surface area contributed by atoms with E-state index in [2.05, 4.69) is 5.16 Å². The van der Waals surface area contributed by atoms with E-state index < -0.39 is 0 Å². The highest BCUT2D eigenvalue weighted by Crippen LogP contribution is 2.33. The number of benzene rings is 2. The summed E-state index contributed by atoms with van der Waals surface area (Å²) in [5, 5.41) is 5.53. The predicted molar refractivity (Wildman–Crippen MR) is 86.9 cm³/mol. The Hall–Kier alpha value is -2.33. The van der Waals surface area contributed by atoms with Gasteiger partial charge in [-0.1, -0.05) is 47.1 Å². The van der Waals surface area contributed by atoms with Gasteiger partial charge in [0.05, 0.1) is 11.8 Å². The van der Waals surface area contributed by atoms with Crippen LogP contribution in [0.5, 0.6) is 0 Å². The van der Waals surface area contributed by atoms with Gasteiger partial charge in [0, 0.05) is 24.7 Å². The van der Waals surface area contributed by atoms with E-state index in [1.807, 2.05) is 36.4 Å². The van der Waals surface area contributed by atoms with Crippen molar-refractivity contribution in [1.29, 1.82) is 0 Å². The van der Waals surface area contributed by atoms with Crippen molar-refractivity contribution in [2.75, 3.05) is 14.1 Å². The first kappa shape index (κ1) is 14.6. The molecule has 0 aliphatic heterocycles. The standard InChI is InChI=1S/C17H15ClN2O2/c1-20(2)15(21)9-12-8-13(18)10-14-16(12)19-22-17(14)11-6-4-3-5-7-11/h3-8,10H,9H2,1-2H3. The third kappa shape index (κ3) is 2.70. The van der Waals surface area contributed by atoms with E-state index in [1.165, 1.54) is 0 Å². The number of fused-ring (bicyclic) bond motifs is 1. The molecule has 1 aromatic heterocycles. The molecule has 0 aliphatic carbocycles. The number of likely N-dealkylation sites (N-methyl/N-ethyl adjacent to an activating group) is 1. The molecule has 0 atom stereocenters. The van der Waals surface area contributed by atoms with Gasteiger partial charge in [-0.3, -0.25) is 4.79 Å². The molecule has 5 heteroatoms. The van der Waals surface area contributed by atoms with Crippen LogP contribution >= 0.6 is 11.6 Å². The van der Waals surface area contributed by atoms with Crippen LogP contribution in [0.1, 0.15) is 5.56 Å². The molecular formula is C17H15ClN2O2. The van der Waals surface area contributed by atoms with Crippen molar-refractivity contribution < 1.29 is 9.32 Å². The Morgan fingerprint density at radius 1 is 1.23 bits per heavy atom. The SMILES string of the molecule is CN(C)C(=O)Cc1cc(Cl)cc2c(-c3ccccc3)onc12. The smallest absolute Gasteiger partial charge is 0.226 e. The van der Waals surface area contributed by atoms with E-state index in [4.69, 9.17) is 16.1 Å². The molecule has 0 unspecified atom stereocenters. The lowest BCUT2D eigenvalue weighted by atomic mass is 10.0. The summed E-state index contributed by atoms with van der Waals surface area (Å²) in [4.78, 5) is 13.5. The fourth-order valence-electron chi connectivity index (χ4n) is 2.33. The molecule has 0 saturated heterocycles. The second kappa shape index (κ2) is 5.81. The quantitative estimate of drug-likeness (QED) is 0.739. The van der Waals surface area contributed by atoms with E-state index in [9.17, 15) is 4.79 Å². The lowest BCUT2D eigenvalue weighted by Gasteiger charge is -2.10. The van der Waals surface area contributed by atoms with Gasteiger partial charge in [-0.05, 0) is 17.7 Å². The topological polar surface area (TPSA) is 46.3 Å². The van der Waals surface area contributed by atoms with Crippen molar-refractivity contribution in [3.8, 4) is 11.3 Å². The highest BCUT2D eigenvalue weighted by Gasteiger charge is 2.17. The molecule has 0 fully saturated rings. The normalized spacial score (nSPS) is 10.9. The van der Waals surface area contributed by atoms with Crippen LogP contribution in [0.2, 0.25) is 5.02 Å². The predicted octanol–water partition coefficient (Wildman–Crippen LogP) is 3.78. The van der Waals surface area contributed by atoms with E-state index in [1.54, 1.807) is 25.1 Å². The zero-order chi connectivity index (χ0) is 15.7. The minimum absolute atomic E-state index is 0.00664. The van der Waals surface area contributed by atoms with Gasteiger partial charge in [0.15, 0.2) is 5.76 Å².